The minimum absolute atomic E-state index is 0.0253. The van der Waals surface area contributed by atoms with Gasteiger partial charge in [0.1, 0.15) is 5.75 Å². The molecule has 0 aromatic carbocycles. The number of nitrogens with zero attached hydrogens (tertiary/aromatic N) is 2. The van der Waals surface area contributed by atoms with Crippen LogP contribution in [0.4, 0.5) is 0 Å². The highest BCUT2D eigenvalue weighted by atomic mass is 16.5. The van der Waals surface area contributed by atoms with Gasteiger partial charge >= 0.3 is 0 Å². The SMILES string of the molecule is O=C(NCC1CN2CCCC2CO1)c1ccncc1O. The van der Waals surface area contributed by atoms with Crippen molar-refractivity contribution < 1.29 is 14.6 Å². The minimum atomic E-state index is -0.294. The molecular formula is C14H19N3O3. The number of ether oxygens (including phenoxy) is 1. The summed E-state index contributed by atoms with van der Waals surface area (Å²) in [5.41, 5.74) is 0.245. The lowest BCUT2D eigenvalue weighted by Gasteiger charge is -2.35. The molecule has 2 aliphatic rings. The molecule has 0 bridgehead atoms. The van der Waals surface area contributed by atoms with E-state index in [0.717, 1.165) is 19.7 Å². The Morgan fingerprint density at radius 2 is 2.50 bits per heavy atom. The fourth-order valence-corrected chi connectivity index (χ4v) is 2.89. The summed E-state index contributed by atoms with van der Waals surface area (Å²) in [6.45, 7) is 3.21. The monoisotopic (exact) mass is 277 g/mol. The van der Waals surface area contributed by atoms with E-state index in [2.05, 4.69) is 15.2 Å². The van der Waals surface area contributed by atoms with E-state index in [9.17, 15) is 9.90 Å². The zero-order chi connectivity index (χ0) is 13.9. The third-order valence-corrected chi connectivity index (χ3v) is 4.00. The van der Waals surface area contributed by atoms with Gasteiger partial charge in [-0.3, -0.25) is 14.7 Å². The molecule has 3 heterocycles. The Labute approximate surface area is 117 Å². The van der Waals surface area contributed by atoms with E-state index in [0.29, 0.717) is 12.6 Å². The second-order valence-corrected chi connectivity index (χ2v) is 5.35. The van der Waals surface area contributed by atoms with E-state index in [1.165, 1.54) is 31.3 Å². The van der Waals surface area contributed by atoms with Crippen molar-refractivity contribution in [3.05, 3.63) is 24.0 Å². The third-order valence-electron chi connectivity index (χ3n) is 4.00. The van der Waals surface area contributed by atoms with E-state index < -0.39 is 0 Å². The first-order valence-corrected chi connectivity index (χ1v) is 7.01. The number of hydrogen-bond donors (Lipinski definition) is 2. The van der Waals surface area contributed by atoms with Crippen LogP contribution in [0.3, 0.4) is 0 Å². The number of carbonyl (C=O) groups excluding carboxylic acids is 1. The summed E-state index contributed by atoms with van der Waals surface area (Å²) in [6, 6.07) is 2.06. The molecule has 3 rings (SSSR count). The summed E-state index contributed by atoms with van der Waals surface area (Å²) in [6.07, 6.45) is 5.22. The van der Waals surface area contributed by atoms with Crippen LogP contribution < -0.4 is 5.32 Å². The predicted octanol–water partition coefficient (Wildman–Crippen LogP) is 0.380. The Morgan fingerprint density at radius 1 is 1.60 bits per heavy atom. The second kappa shape index (κ2) is 5.76. The average molecular weight is 277 g/mol. The molecule has 2 aliphatic heterocycles. The molecule has 1 amide bonds. The number of morpholine rings is 1. The Bertz CT molecular complexity index is 494. The van der Waals surface area contributed by atoms with Gasteiger partial charge in [0.15, 0.2) is 0 Å². The molecule has 6 nitrogen and oxygen atoms in total. The fourth-order valence-electron chi connectivity index (χ4n) is 2.89. The van der Waals surface area contributed by atoms with Gasteiger partial charge in [-0.25, -0.2) is 0 Å². The molecule has 0 saturated carbocycles. The number of aromatic nitrogens is 1. The first kappa shape index (κ1) is 13.3. The minimum Gasteiger partial charge on any atom is -0.505 e. The molecule has 2 fully saturated rings. The Kier molecular flexibility index (Phi) is 3.84. The molecule has 2 unspecified atom stereocenters. The van der Waals surface area contributed by atoms with Crippen LogP contribution in [-0.2, 0) is 4.74 Å². The van der Waals surface area contributed by atoms with Gasteiger partial charge in [0, 0.05) is 25.3 Å². The lowest BCUT2D eigenvalue weighted by atomic mass is 10.2. The molecule has 0 spiro atoms. The van der Waals surface area contributed by atoms with E-state index in [4.69, 9.17) is 4.74 Å². The molecule has 6 heteroatoms. The maximum Gasteiger partial charge on any atom is 0.255 e. The molecule has 2 saturated heterocycles. The van der Waals surface area contributed by atoms with Crippen LogP contribution >= 0.6 is 0 Å². The smallest absolute Gasteiger partial charge is 0.255 e. The Hall–Kier alpha value is -1.66. The number of amides is 1. The highest BCUT2D eigenvalue weighted by Gasteiger charge is 2.32. The zero-order valence-corrected chi connectivity index (χ0v) is 11.3. The van der Waals surface area contributed by atoms with Crippen molar-refractivity contribution in [3.63, 3.8) is 0 Å². The lowest BCUT2D eigenvalue weighted by molar-refractivity contribution is -0.0461. The summed E-state index contributed by atoms with van der Waals surface area (Å²) in [5.74, 6) is -0.397. The third kappa shape index (κ3) is 2.76. The van der Waals surface area contributed by atoms with Crippen molar-refractivity contribution in [3.8, 4) is 5.75 Å². The van der Waals surface area contributed by atoms with Crippen LogP contribution in [0, 0.1) is 0 Å². The van der Waals surface area contributed by atoms with Crippen LogP contribution in [0.15, 0.2) is 18.5 Å². The number of nitrogens with one attached hydrogen (secondary N) is 1. The van der Waals surface area contributed by atoms with Gasteiger partial charge in [-0.05, 0) is 25.5 Å². The van der Waals surface area contributed by atoms with Crippen LogP contribution in [0.1, 0.15) is 23.2 Å². The average Bonchev–Trinajstić information content (AvgIpc) is 2.92. The largest absolute Gasteiger partial charge is 0.505 e. The fraction of sp³-hybridized carbons (Fsp3) is 0.571. The van der Waals surface area contributed by atoms with Gasteiger partial charge in [0.2, 0.25) is 0 Å². The first-order chi connectivity index (χ1) is 9.74. The first-order valence-electron chi connectivity index (χ1n) is 7.01. The summed E-state index contributed by atoms with van der Waals surface area (Å²) in [4.78, 5) is 18.2. The molecule has 0 aliphatic carbocycles. The predicted molar refractivity (Wildman–Crippen MR) is 72.6 cm³/mol. The second-order valence-electron chi connectivity index (χ2n) is 5.35. The van der Waals surface area contributed by atoms with Crippen molar-refractivity contribution in [1.82, 2.24) is 15.2 Å². The van der Waals surface area contributed by atoms with E-state index in [-0.39, 0.29) is 23.3 Å². The number of rotatable bonds is 3. The van der Waals surface area contributed by atoms with Crippen LogP contribution in [0.2, 0.25) is 0 Å². The Morgan fingerprint density at radius 3 is 3.35 bits per heavy atom. The standard InChI is InChI=1S/C14H19N3O3/c18-13-7-15-4-3-12(13)14(19)16-6-11-8-17-5-1-2-10(17)9-20-11/h3-4,7,10-11,18H,1-2,5-6,8-9H2,(H,16,19). The molecule has 1 aromatic heterocycles. The van der Waals surface area contributed by atoms with Gasteiger partial charge in [0.05, 0.1) is 24.5 Å². The lowest BCUT2D eigenvalue weighted by Crippen LogP contribution is -2.50. The van der Waals surface area contributed by atoms with Gasteiger partial charge in [0.25, 0.3) is 5.91 Å². The maximum absolute atomic E-state index is 12.0. The molecule has 0 radical (unpaired) electrons. The number of pyridine rings is 1. The number of fused-ring (bicyclic) bond motifs is 1. The van der Waals surface area contributed by atoms with E-state index in [1.807, 2.05) is 0 Å². The molecule has 1 aromatic rings. The zero-order valence-electron chi connectivity index (χ0n) is 11.3. The van der Waals surface area contributed by atoms with Crippen LogP contribution in [0.25, 0.3) is 0 Å². The molecule has 20 heavy (non-hydrogen) atoms. The molecular weight excluding hydrogens is 258 g/mol. The van der Waals surface area contributed by atoms with Gasteiger partial charge in [-0.2, -0.15) is 0 Å². The Balaban J connectivity index is 1.52. The van der Waals surface area contributed by atoms with Crippen molar-refractivity contribution in [1.29, 1.82) is 0 Å². The summed E-state index contributed by atoms with van der Waals surface area (Å²) in [7, 11) is 0. The summed E-state index contributed by atoms with van der Waals surface area (Å²) in [5, 5.41) is 12.4. The summed E-state index contributed by atoms with van der Waals surface area (Å²) >= 11 is 0. The van der Waals surface area contributed by atoms with Crippen molar-refractivity contribution in [2.45, 2.75) is 25.0 Å². The van der Waals surface area contributed by atoms with Gasteiger partial charge in [-0.1, -0.05) is 0 Å². The number of carbonyl (C=O) groups is 1. The number of aromatic hydroxyl groups is 1. The van der Waals surface area contributed by atoms with Gasteiger partial charge in [-0.15, -0.1) is 0 Å². The highest BCUT2D eigenvalue weighted by Crippen LogP contribution is 2.22. The highest BCUT2D eigenvalue weighted by molar-refractivity contribution is 5.96. The molecule has 2 atom stereocenters. The number of hydrogen-bond acceptors (Lipinski definition) is 5. The van der Waals surface area contributed by atoms with Crippen LogP contribution in [0.5, 0.6) is 5.75 Å². The molecule has 108 valence electrons. The summed E-state index contributed by atoms with van der Waals surface area (Å²) < 4.78 is 5.78. The maximum atomic E-state index is 12.0. The quantitative estimate of drug-likeness (QED) is 0.835. The molecule has 2 N–H and O–H groups in total. The van der Waals surface area contributed by atoms with E-state index >= 15 is 0 Å². The van der Waals surface area contributed by atoms with Crippen molar-refractivity contribution >= 4 is 5.91 Å². The topological polar surface area (TPSA) is 74.7 Å². The van der Waals surface area contributed by atoms with Crippen molar-refractivity contribution in [2.75, 3.05) is 26.2 Å². The van der Waals surface area contributed by atoms with Gasteiger partial charge < -0.3 is 15.2 Å². The normalized spacial score (nSPS) is 26.2. The van der Waals surface area contributed by atoms with Crippen molar-refractivity contribution in [2.24, 2.45) is 0 Å². The van der Waals surface area contributed by atoms with Crippen LogP contribution in [-0.4, -0.2) is 59.3 Å². The van der Waals surface area contributed by atoms with E-state index in [1.54, 1.807) is 0 Å².